The highest BCUT2D eigenvalue weighted by Crippen LogP contribution is 2.09. The standard InChI is InChI=1S/C13H11NO/c15-13-9-5-4-6-11(13)10-14-12-7-2-1-3-8-12/h1-10,14H/b11-10-. The molecule has 0 amide bonds. The molecule has 0 atom stereocenters. The topological polar surface area (TPSA) is 29.1 Å². The van der Waals surface area contributed by atoms with Crippen LogP contribution in [-0.4, -0.2) is 5.78 Å². The molecule has 15 heavy (non-hydrogen) atoms. The van der Waals surface area contributed by atoms with Crippen LogP contribution in [0.2, 0.25) is 0 Å². The summed E-state index contributed by atoms with van der Waals surface area (Å²) >= 11 is 0. The Morgan fingerprint density at radius 2 is 1.73 bits per heavy atom. The molecule has 0 saturated carbocycles. The van der Waals surface area contributed by atoms with E-state index in [1.807, 2.05) is 36.4 Å². The van der Waals surface area contributed by atoms with E-state index in [0.717, 1.165) is 5.69 Å². The average molecular weight is 197 g/mol. The quantitative estimate of drug-likeness (QED) is 0.738. The van der Waals surface area contributed by atoms with E-state index in [1.54, 1.807) is 24.4 Å². The summed E-state index contributed by atoms with van der Waals surface area (Å²) < 4.78 is 0. The van der Waals surface area contributed by atoms with Gasteiger partial charge in [-0.3, -0.25) is 4.79 Å². The van der Waals surface area contributed by atoms with E-state index in [1.165, 1.54) is 0 Å². The molecule has 0 spiro atoms. The van der Waals surface area contributed by atoms with E-state index in [0.29, 0.717) is 5.57 Å². The maximum absolute atomic E-state index is 11.4. The van der Waals surface area contributed by atoms with Gasteiger partial charge in [-0.25, -0.2) is 0 Å². The second kappa shape index (κ2) is 4.42. The normalized spacial score (nSPS) is 17.1. The number of carbonyl (C=O) groups excluding carboxylic acids is 1. The highest BCUT2D eigenvalue weighted by Gasteiger charge is 2.04. The zero-order valence-corrected chi connectivity index (χ0v) is 8.18. The lowest BCUT2D eigenvalue weighted by Crippen LogP contribution is -2.01. The molecule has 1 aromatic rings. The summed E-state index contributed by atoms with van der Waals surface area (Å²) in [6.07, 6.45) is 8.65. The van der Waals surface area contributed by atoms with Gasteiger partial charge >= 0.3 is 0 Å². The highest BCUT2D eigenvalue weighted by atomic mass is 16.1. The van der Waals surface area contributed by atoms with Gasteiger partial charge in [0.25, 0.3) is 0 Å². The summed E-state index contributed by atoms with van der Waals surface area (Å²) in [6.45, 7) is 0. The van der Waals surface area contributed by atoms with Crippen LogP contribution in [-0.2, 0) is 4.79 Å². The van der Waals surface area contributed by atoms with Crippen molar-refractivity contribution in [2.75, 3.05) is 5.32 Å². The van der Waals surface area contributed by atoms with Crippen LogP contribution in [0.4, 0.5) is 5.69 Å². The van der Waals surface area contributed by atoms with Crippen LogP contribution in [0.25, 0.3) is 0 Å². The monoisotopic (exact) mass is 197 g/mol. The van der Waals surface area contributed by atoms with Gasteiger partial charge in [0.15, 0.2) is 5.78 Å². The minimum absolute atomic E-state index is 0.0286. The first kappa shape index (κ1) is 9.46. The molecule has 74 valence electrons. The minimum atomic E-state index is 0.0286. The van der Waals surface area contributed by atoms with Gasteiger partial charge in [0.2, 0.25) is 0 Å². The fraction of sp³-hybridized carbons (Fsp3) is 0. The van der Waals surface area contributed by atoms with Crippen LogP contribution in [0.5, 0.6) is 0 Å². The second-order valence-corrected chi connectivity index (χ2v) is 3.19. The first-order valence-corrected chi connectivity index (χ1v) is 4.77. The molecule has 1 N–H and O–H groups in total. The zero-order valence-electron chi connectivity index (χ0n) is 8.18. The van der Waals surface area contributed by atoms with E-state index in [4.69, 9.17) is 0 Å². The lowest BCUT2D eigenvalue weighted by atomic mass is 10.1. The number of hydrogen-bond donors (Lipinski definition) is 1. The molecule has 1 aromatic carbocycles. The van der Waals surface area contributed by atoms with E-state index < -0.39 is 0 Å². The zero-order chi connectivity index (χ0) is 10.5. The van der Waals surface area contributed by atoms with Gasteiger partial charge in [0.1, 0.15) is 0 Å². The molecule has 0 fully saturated rings. The number of hydrogen-bond acceptors (Lipinski definition) is 2. The molecule has 1 aliphatic carbocycles. The Balaban J connectivity index is 2.09. The number of benzene rings is 1. The summed E-state index contributed by atoms with van der Waals surface area (Å²) in [7, 11) is 0. The van der Waals surface area contributed by atoms with Crippen LogP contribution in [0, 0.1) is 0 Å². The molecule has 2 nitrogen and oxygen atoms in total. The summed E-state index contributed by atoms with van der Waals surface area (Å²) in [5, 5.41) is 3.08. The molecule has 2 heteroatoms. The van der Waals surface area contributed by atoms with Gasteiger partial charge < -0.3 is 5.32 Å². The Morgan fingerprint density at radius 3 is 2.47 bits per heavy atom. The number of nitrogens with one attached hydrogen (secondary N) is 1. The van der Waals surface area contributed by atoms with Gasteiger partial charge in [-0.2, -0.15) is 0 Å². The molecular weight excluding hydrogens is 186 g/mol. The molecule has 0 aromatic heterocycles. The third kappa shape index (κ3) is 2.44. The molecule has 2 rings (SSSR count). The Bertz CT molecular complexity index is 441. The summed E-state index contributed by atoms with van der Waals surface area (Å²) in [4.78, 5) is 11.4. The molecular formula is C13H11NO. The van der Waals surface area contributed by atoms with Crippen LogP contribution in [0.3, 0.4) is 0 Å². The summed E-state index contributed by atoms with van der Waals surface area (Å²) in [5.74, 6) is 0.0286. The molecule has 0 bridgehead atoms. The lowest BCUT2D eigenvalue weighted by Gasteiger charge is -2.03. The van der Waals surface area contributed by atoms with E-state index >= 15 is 0 Å². The fourth-order valence-electron chi connectivity index (χ4n) is 1.30. The third-order valence-electron chi connectivity index (χ3n) is 2.09. The van der Waals surface area contributed by atoms with Crippen LogP contribution in [0.1, 0.15) is 0 Å². The molecule has 0 saturated heterocycles. The van der Waals surface area contributed by atoms with E-state index in [-0.39, 0.29) is 5.78 Å². The summed E-state index contributed by atoms with van der Waals surface area (Å²) in [5.41, 5.74) is 1.64. The van der Waals surface area contributed by atoms with Gasteiger partial charge in [-0.05, 0) is 24.3 Å². The van der Waals surface area contributed by atoms with Crippen molar-refractivity contribution in [3.63, 3.8) is 0 Å². The van der Waals surface area contributed by atoms with Crippen molar-refractivity contribution in [3.05, 3.63) is 66.4 Å². The number of carbonyl (C=O) groups is 1. The largest absolute Gasteiger partial charge is 0.361 e. The maximum atomic E-state index is 11.4. The number of rotatable bonds is 2. The smallest absolute Gasteiger partial charge is 0.187 e. The fourth-order valence-corrected chi connectivity index (χ4v) is 1.30. The van der Waals surface area contributed by atoms with Crippen molar-refractivity contribution in [1.29, 1.82) is 0 Å². The predicted molar refractivity (Wildman–Crippen MR) is 61.4 cm³/mol. The third-order valence-corrected chi connectivity index (χ3v) is 2.09. The number of para-hydroxylation sites is 1. The Morgan fingerprint density at radius 1 is 1.00 bits per heavy atom. The Kier molecular flexibility index (Phi) is 2.79. The SMILES string of the molecule is O=C1C=CC=C/C1=C/Nc1ccccc1. The maximum Gasteiger partial charge on any atom is 0.187 e. The highest BCUT2D eigenvalue weighted by molar-refractivity contribution is 6.07. The lowest BCUT2D eigenvalue weighted by molar-refractivity contribution is -0.111. The van der Waals surface area contributed by atoms with E-state index in [2.05, 4.69) is 5.32 Å². The van der Waals surface area contributed by atoms with Crippen molar-refractivity contribution >= 4 is 11.5 Å². The summed E-state index contributed by atoms with van der Waals surface area (Å²) in [6, 6.07) is 9.74. The van der Waals surface area contributed by atoms with Crippen LogP contribution in [0.15, 0.2) is 66.4 Å². The van der Waals surface area contributed by atoms with Gasteiger partial charge in [0, 0.05) is 17.5 Å². The van der Waals surface area contributed by atoms with Crippen molar-refractivity contribution in [1.82, 2.24) is 0 Å². The Hall–Kier alpha value is -2.09. The minimum Gasteiger partial charge on any atom is -0.361 e. The average Bonchev–Trinajstić information content (AvgIpc) is 2.29. The van der Waals surface area contributed by atoms with Crippen molar-refractivity contribution < 1.29 is 4.79 Å². The number of anilines is 1. The molecule has 0 unspecified atom stereocenters. The van der Waals surface area contributed by atoms with Crippen molar-refractivity contribution in [2.45, 2.75) is 0 Å². The first-order valence-electron chi connectivity index (χ1n) is 4.77. The number of allylic oxidation sites excluding steroid dienone is 5. The molecule has 0 aliphatic heterocycles. The van der Waals surface area contributed by atoms with E-state index in [9.17, 15) is 4.79 Å². The van der Waals surface area contributed by atoms with Crippen LogP contribution < -0.4 is 5.32 Å². The van der Waals surface area contributed by atoms with Crippen molar-refractivity contribution in [2.24, 2.45) is 0 Å². The predicted octanol–water partition coefficient (Wildman–Crippen LogP) is 2.68. The molecule has 0 radical (unpaired) electrons. The van der Waals surface area contributed by atoms with Gasteiger partial charge in [0.05, 0.1) is 0 Å². The second-order valence-electron chi connectivity index (χ2n) is 3.19. The first-order chi connectivity index (χ1) is 7.36. The molecule has 0 heterocycles. The number of ketones is 1. The molecule has 1 aliphatic rings. The van der Waals surface area contributed by atoms with Crippen molar-refractivity contribution in [3.8, 4) is 0 Å². The van der Waals surface area contributed by atoms with Gasteiger partial charge in [-0.1, -0.05) is 30.4 Å². The van der Waals surface area contributed by atoms with Crippen LogP contribution >= 0.6 is 0 Å². The Labute approximate surface area is 88.6 Å². The van der Waals surface area contributed by atoms with Gasteiger partial charge in [-0.15, -0.1) is 0 Å².